The summed E-state index contributed by atoms with van der Waals surface area (Å²) in [6, 6.07) is 0.115. The lowest BCUT2D eigenvalue weighted by molar-refractivity contribution is -0.126. The normalized spacial score (nSPS) is 28.7. The highest BCUT2D eigenvalue weighted by atomic mass is 32.2. The van der Waals surface area contributed by atoms with Gasteiger partial charge in [-0.1, -0.05) is 0 Å². The standard InChI is InChI=1S/C13H25N3O4S/c1-3-21(18,19)16-6-4-10(5-7-16)15-13(17)11-8-20-9-12(11)14-2/h10-12,14H,3-9H2,1-2H3,(H,15,17). The van der Waals surface area contributed by atoms with Gasteiger partial charge >= 0.3 is 0 Å². The van der Waals surface area contributed by atoms with Gasteiger partial charge in [-0.25, -0.2) is 12.7 Å². The summed E-state index contributed by atoms with van der Waals surface area (Å²) in [6.45, 7) is 3.62. The topological polar surface area (TPSA) is 87.7 Å². The summed E-state index contributed by atoms with van der Waals surface area (Å²) in [6.07, 6.45) is 1.34. The number of likely N-dealkylation sites (N-methyl/N-ethyl adjacent to an activating group) is 1. The molecule has 0 spiro atoms. The largest absolute Gasteiger partial charge is 0.379 e. The van der Waals surface area contributed by atoms with Gasteiger partial charge in [-0.3, -0.25) is 4.79 Å². The van der Waals surface area contributed by atoms with Crippen molar-refractivity contribution in [3.8, 4) is 0 Å². The average Bonchev–Trinajstić information content (AvgIpc) is 2.96. The lowest BCUT2D eigenvalue weighted by Gasteiger charge is -2.32. The second kappa shape index (κ2) is 7.04. The molecule has 0 bridgehead atoms. The molecule has 2 rings (SSSR count). The predicted molar refractivity (Wildman–Crippen MR) is 79.4 cm³/mol. The molecule has 2 N–H and O–H groups in total. The summed E-state index contributed by atoms with van der Waals surface area (Å²) in [7, 11) is -1.28. The van der Waals surface area contributed by atoms with Crippen LogP contribution in [0.3, 0.4) is 0 Å². The molecular weight excluding hydrogens is 294 g/mol. The Labute approximate surface area is 126 Å². The smallest absolute Gasteiger partial charge is 0.227 e. The number of ether oxygens (including phenoxy) is 1. The Morgan fingerprint density at radius 1 is 1.29 bits per heavy atom. The van der Waals surface area contributed by atoms with E-state index >= 15 is 0 Å². The third-order valence-electron chi connectivity index (χ3n) is 4.35. The van der Waals surface area contributed by atoms with Gasteiger partial charge in [-0.2, -0.15) is 0 Å². The molecule has 2 aliphatic heterocycles. The highest BCUT2D eigenvalue weighted by Crippen LogP contribution is 2.17. The maximum Gasteiger partial charge on any atom is 0.227 e. The van der Waals surface area contributed by atoms with Crippen LogP contribution in [0.2, 0.25) is 0 Å². The first-order valence-corrected chi connectivity index (χ1v) is 9.12. The zero-order valence-corrected chi connectivity index (χ0v) is 13.5. The van der Waals surface area contributed by atoms with Gasteiger partial charge in [0.25, 0.3) is 0 Å². The maximum atomic E-state index is 12.3. The fourth-order valence-electron chi connectivity index (χ4n) is 2.87. The molecule has 7 nitrogen and oxygen atoms in total. The molecule has 0 aromatic rings. The number of hydrogen-bond donors (Lipinski definition) is 2. The number of nitrogens with one attached hydrogen (secondary N) is 2. The van der Waals surface area contributed by atoms with Crippen molar-refractivity contribution in [3.05, 3.63) is 0 Å². The Kier molecular flexibility index (Phi) is 5.59. The maximum absolute atomic E-state index is 12.3. The van der Waals surface area contributed by atoms with Gasteiger partial charge in [0.1, 0.15) is 0 Å². The molecule has 2 heterocycles. The minimum atomic E-state index is -3.11. The monoisotopic (exact) mass is 319 g/mol. The minimum Gasteiger partial charge on any atom is -0.379 e. The van der Waals surface area contributed by atoms with Crippen molar-refractivity contribution in [2.24, 2.45) is 5.92 Å². The molecule has 0 aromatic heterocycles. The number of nitrogens with zero attached hydrogens (tertiary/aromatic N) is 1. The number of hydrogen-bond acceptors (Lipinski definition) is 5. The zero-order valence-electron chi connectivity index (χ0n) is 12.7. The number of amides is 1. The van der Waals surface area contributed by atoms with Gasteiger partial charge in [0, 0.05) is 25.2 Å². The van der Waals surface area contributed by atoms with Crippen LogP contribution < -0.4 is 10.6 Å². The van der Waals surface area contributed by atoms with Gasteiger partial charge in [-0.05, 0) is 26.8 Å². The van der Waals surface area contributed by atoms with Crippen LogP contribution in [0.5, 0.6) is 0 Å². The summed E-state index contributed by atoms with van der Waals surface area (Å²) in [5, 5.41) is 6.13. The van der Waals surface area contributed by atoms with Crippen LogP contribution in [-0.4, -0.2) is 69.8 Å². The van der Waals surface area contributed by atoms with Crippen LogP contribution in [0.15, 0.2) is 0 Å². The molecule has 8 heteroatoms. The first kappa shape index (κ1) is 16.7. The second-order valence-electron chi connectivity index (χ2n) is 5.62. The second-order valence-corrected chi connectivity index (χ2v) is 7.88. The van der Waals surface area contributed by atoms with E-state index in [4.69, 9.17) is 4.74 Å². The van der Waals surface area contributed by atoms with E-state index in [0.29, 0.717) is 39.1 Å². The molecule has 2 saturated heterocycles. The third-order valence-corrected chi connectivity index (χ3v) is 6.23. The van der Waals surface area contributed by atoms with E-state index in [1.165, 1.54) is 4.31 Å². The number of rotatable bonds is 5. The predicted octanol–water partition coefficient (Wildman–Crippen LogP) is -0.849. The quantitative estimate of drug-likeness (QED) is 0.689. The van der Waals surface area contributed by atoms with E-state index in [1.54, 1.807) is 6.92 Å². The number of carbonyl (C=O) groups is 1. The van der Waals surface area contributed by atoms with Crippen molar-refractivity contribution in [1.29, 1.82) is 0 Å². The molecule has 2 aliphatic rings. The van der Waals surface area contributed by atoms with Crippen LogP contribution in [-0.2, 0) is 19.6 Å². The van der Waals surface area contributed by atoms with Gasteiger partial charge in [0.05, 0.1) is 24.9 Å². The summed E-state index contributed by atoms with van der Waals surface area (Å²) in [5.41, 5.74) is 0. The van der Waals surface area contributed by atoms with Gasteiger partial charge in [0.2, 0.25) is 15.9 Å². The number of sulfonamides is 1. The highest BCUT2D eigenvalue weighted by Gasteiger charge is 2.35. The van der Waals surface area contributed by atoms with Crippen molar-refractivity contribution in [2.45, 2.75) is 31.8 Å². The molecule has 0 radical (unpaired) electrons. The lowest BCUT2D eigenvalue weighted by atomic mass is 10.0. The molecule has 2 unspecified atom stereocenters. The van der Waals surface area contributed by atoms with Gasteiger partial charge < -0.3 is 15.4 Å². The number of carbonyl (C=O) groups excluding carboxylic acids is 1. The first-order valence-electron chi connectivity index (χ1n) is 7.51. The Hall–Kier alpha value is -0.700. The van der Waals surface area contributed by atoms with E-state index in [-0.39, 0.29) is 29.7 Å². The van der Waals surface area contributed by atoms with Crippen LogP contribution in [0.1, 0.15) is 19.8 Å². The van der Waals surface area contributed by atoms with E-state index < -0.39 is 10.0 Å². The Morgan fingerprint density at radius 3 is 2.52 bits per heavy atom. The van der Waals surface area contributed by atoms with Crippen molar-refractivity contribution in [1.82, 2.24) is 14.9 Å². The van der Waals surface area contributed by atoms with E-state index in [1.807, 2.05) is 7.05 Å². The lowest BCUT2D eigenvalue weighted by Crippen LogP contribution is -2.50. The fourth-order valence-corrected chi connectivity index (χ4v) is 4.00. The van der Waals surface area contributed by atoms with E-state index in [9.17, 15) is 13.2 Å². The summed E-state index contributed by atoms with van der Waals surface area (Å²) in [5.74, 6) is -0.0242. The highest BCUT2D eigenvalue weighted by molar-refractivity contribution is 7.89. The summed E-state index contributed by atoms with van der Waals surface area (Å²) in [4.78, 5) is 12.3. The summed E-state index contributed by atoms with van der Waals surface area (Å²) >= 11 is 0. The fraction of sp³-hybridized carbons (Fsp3) is 0.923. The molecule has 122 valence electrons. The minimum absolute atomic E-state index is 0.00338. The van der Waals surface area contributed by atoms with Crippen molar-refractivity contribution < 1.29 is 17.9 Å². The molecule has 0 aromatic carbocycles. The molecule has 1 amide bonds. The zero-order chi connectivity index (χ0) is 15.5. The van der Waals surface area contributed by atoms with Gasteiger partial charge in [0.15, 0.2) is 0 Å². The average molecular weight is 319 g/mol. The Bertz CT molecular complexity index is 460. The van der Waals surface area contributed by atoms with Crippen molar-refractivity contribution >= 4 is 15.9 Å². The molecule has 2 fully saturated rings. The van der Waals surface area contributed by atoms with Crippen molar-refractivity contribution in [3.63, 3.8) is 0 Å². The first-order chi connectivity index (χ1) is 9.97. The Balaban J connectivity index is 1.82. The van der Waals surface area contributed by atoms with Crippen LogP contribution in [0.4, 0.5) is 0 Å². The van der Waals surface area contributed by atoms with E-state index in [0.717, 1.165) is 0 Å². The van der Waals surface area contributed by atoms with Crippen LogP contribution >= 0.6 is 0 Å². The molecule has 2 atom stereocenters. The number of piperidine rings is 1. The van der Waals surface area contributed by atoms with Gasteiger partial charge in [-0.15, -0.1) is 0 Å². The van der Waals surface area contributed by atoms with Crippen LogP contribution in [0.25, 0.3) is 0 Å². The van der Waals surface area contributed by atoms with Crippen LogP contribution in [0, 0.1) is 5.92 Å². The Morgan fingerprint density at radius 2 is 1.95 bits per heavy atom. The summed E-state index contributed by atoms with van der Waals surface area (Å²) < 4.78 is 30.4. The third kappa shape index (κ3) is 3.94. The SMILES string of the molecule is CCS(=O)(=O)N1CCC(NC(=O)C2COCC2NC)CC1. The molecule has 0 aliphatic carbocycles. The molecular formula is C13H25N3O4S. The molecule has 21 heavy (non-hydrogen) atoms. The van der Waals surface area contributed by atoms with Crippen molar-refractivity contribution in [2.75, 3.05) is 39.1 Å². The molecule has 0 saturated carbocycles. The van der Waals surface area contributed by atoms with E-state index in [2.05, 4.69) is 10.6 Å².